The predicted molar refractivity (Wildman–Crippen MR) is 49.4 cm³/mol. The second-order valence-corrected chi connectivity index (χ2v) is 4.71. The number of rotatable bonds is 4. The smallest absolute Gasteiger partial charge is 0.407 e. The third kappa shape index (κ3) is 2.90. The molecule has 1 N–H and O–H groups in total. The van der Waals surface area contributed by atoms with Crippen molar-refractivity contribution < 1.29 is 9.53 Å². The SMILES string of the molecule is CC1(CNC(=O)OCC2CC2)CC1. The summed E-state index contributed by atoms with van der Waals surface area (Å²) < 4.78 is 5.04. The van der Waals surface area contributed by atoms with Gasteiger partial charge in [-0.15, -0.1) is 0 Å². The predicted octanol–water partition coefficient (Wildman–Crippen LogP) is 1.92. The second kappa shape index (κ2) is 3.20. The van der Waals surface area contributed by atoms with Crippen LogP contribution in [0, 0.1) is 11.3 Å². The molecule has 0 aromatic rings. The Morgan fingerprint density at radius 2 is 2.23 bits per heavy atom. The van der Waals surface area contributed by atoms with E-state index in [2.05, 4.69) is 12.2 Å². The standard InChI is InChI=1S/C10H17NO2/c1-10(4-5-10)7-11-9(12)13-6-8-2-3-8/h8H,2-7H2,1H3,(H,11,12). The Morgan fingerprint density at radius 3 is 2.77 bits per heavy atom. The summed E-state index contributed by atoms with van der Waals surface area (Å²) >= 11 is 0. The lowest BCUT2D eigenvalue weighted by Gasteiger charge is -2.09. The fraction of sp³-hybridized carbons (Fsp3) is 0.900. The van der Waals surface area contributed by atoms with Crippen molar-refractivity contribution in [2.45, 2.75) is 32.6 Å². The fourth-order valence-corrected chi connectivity index (χ4v) is 1.20. The van der Waals surface area contributed by atoms with Gasteiger partial charge in [0.2, 0.25) is 0 Å². The summed E-state index contributed by atoms with van der Waals surface area (Å²) in [5, 5.41) is 2.81. The van der Waals surface area contributed by atoms with Gasteiger partial charge in [-0.25, -0.2) is 4.79 Å². The van der Waals surface area contributed by atoms with Crippen LogP contribution in [0.4, 0.5) is 4.79 Å². The van der Waals surface area contributed by atoms with Gasteiger partial charge in [-0.05, 0) is 37.0 Å². The lowest BCUT2D eigenvalue weighted by Crippen LogP contribution is -2.30. The molecule has 3 nitrogen and oxygen atoms in total. The quantitative estimate of drug-likeness (QED) is 0.723. The molecular formula is C10H17NO2. The topological polar surface area (TPSA) is 38.3 Å². The number of alkyl carbamates (subject to hydrolysis) is 1. The van der Waals surface area contributed by atoms with Gasteiger partial charge in [0.05, 0.1) is 6.61 Å². The van der Waals surface area contributed by atoms with Gasteiger partial charge in [0.15, 0.2) is 0 Å². The van der Waals surface area contributed by atoms with Crippen LogP contribution in [0.25, 0.3) is 0 Å². The van der Waals surface area contributed by atoms with Crippen molar-refractivity contribution in [1.29, 1.82) is 0 Å². The fourth-order valence-electron chi connectivity index (χ4n) is 1.20. The zero-order valence-corrected chi connectivity index (χ0v) is 8.14. The molecule has 3 heteroatoms. The highest BCUT2D eigenvalue weighted by Crippen LogP contribution is 2.44. The van der Waals surface area contributed by atoms with Crippen molar-refractivity contribution in [3.8, 4) is 0 Å². The highest BCUT2D eigenvalue weighted by molar-refractivity contribution is 5.67. The first kappa shape index (κ1) is 8.85. The third-order valence-electron chi connectivity index (χ3n) is 2.91. The minimum Gasteiger partial charge on any atom is -0.449 e. The molecule has 0 aromatic heterocycles. The van der Waals surface area contributed by atoms with Crippen LogP contribution in [0.15, 0.2) is 0 Å². The summed E-state index contributed by atoms with van der Waals surface area (Å²) in [7, 11) is 0. The van der Waals surface area contributed by atoms with Crippen LogP contribution in [0.5, 0.6) is 0 Å². The van der Waals surface area contributed by atoms with Gasteiger partial charge in [0, 0.05) is 6.54 Å². The van der Waals surface area contributed by atoms with Crippen LogP contribution in [-0.2, 0) is 4.74 Å². The minimum atomic E-state index is -0.236. The average Bonchev–Trinajstić information content (AvgIpc) is 2.95. The van der Waals surface area contributed by atoms with E-state index < -0.39 is 0 Å². The maximum absolute atomic E-state index is 11.1. The largest absolute Gasteiger partial charge is 0.449 e. The number of hydrogen-bond donors (Lipinski definition) is 1. The molecule has 74 valence electrons. The van der Waals surface area contributed by atoms with E-state index in [1.165, 1.54) is 25.7 Å². The molecule has 2 rings (SSSR count). The van der Waals surface area contributed by atoms with Gasteiger partial charge in [0.1, 0.15) is 0 Å². The zero-order valence-electron chi connectivity index (χ0n) is 8.14. The van der Waals surface area contributed by atoms with Crippen molar-refractivity contribution in [2.24, 2.45) is 11.3 Å². The van der Waals surface area contributed by atoms with Crippen LogP contribution in [-0.4, -0.2) is 19.2 Å². The molecule has 2 saturated carbocycles. The normalized spacial score (nSPS) is 23.8. The van der Waals surface area contributed by atoms with Crippen molar-refractivity contribution in [3.05, 3.63) is 0 Å². The lowest BCUT2D eigenvalue weighted by molar-refractivity contribution is 0.139. The Kier molecular flexibility index (Phi) is 2.18. The highest BCUT2D eigenvalue weighted by Gasteiger charge is 2.37. The van der Waals surface area contributed by atoms with Crippen LogP contribution in [0.2, 0.25) is 0 Å². The van der Waals surface area contributed by atoms with Gasteiger partial charge in [0.25, 0.3) is 0 Å². The van der Waals surface area contributed by atoms with Gasteiger partial charge >= 0.3 is 6.09 Å². The molecule has 2 fully saturated rings. The maximum Gasteiger partial charge on any atom is 0.407 e. The van der Waals surface area contributed by atoms with Crippen LogP contribution in [0.1, 0.15) is 32.6 Å². The van der Waals surface area contributed by atoms with Gasteiger partial charge in [-0.2, -0.15) is 0 Å². The second-order valence-electron chi connectivity index (χ2n) is 4.71. The molecular weight excluding hydrogens is 166 g/mol. The summed E-state index contributed by atoms with van der Waals surface area (Å²) in [5.74, 6) is 0.655. The Balaban J connectivity index is 1.55. The molecule has 0 spiro atoms. The Bertz CT molecular complexity index is 207. The molecule has 2 aliphatic carbocycles. The van der Waals surface area contributed by atoms with Crippen molar-refractivity contribution >= 4 is 6.09 Å². The van der Waals surface area contributed by atoms with E-state index in [9.17, 15) is 4.79 Å². The number of nitrogens with one attached hydrogen (secondary N) is 1. The van der Waals surface area contributed by atoms with Crippen molar-refractivity contribution in [1.82, 2.24) is 5.32 Å². The molecule has 0 atom stereocenters. The van der Waals surface area contributed by atoms with Gasteiger partial charge in [-0.1, -0.05) is 6.92 Å². The summed E-state index contributed by atoms with van der Waals surface area (Å²) in [6.07, 6.45) is 4.68. The van der Waals surface area contributed by atoms with Crippen molar-refractivity contribution in [3.63, 3.8) is 0 Å². The first-order valence-electron chi connectivity index (χ1n) is 5.09. The summed E-state index contributed by atoms with van der Waals surface area (Å²) in [6.45, 7) is 3.58. The number of amides is 1. The molecule has 0 aliphatic heterocycles. The summed E-state index contributed by atoms with van der Waals surface area (Å²) in [6, 6.07) is 0. The van der Waals surface area contributed by atoms with Gasteiger partial charge < -0.3 is 10.1 Å². The van der Waals surface area contributed by atoms with Crippen LogP contribution >= 0.6 is 0 Å². The summed E-state index contributed by atoms with van der Waals surface area (Å²) in [4.78, 5) is 11.1. The highest BCUT2D eigenvalue weighted by atomic mass is 16.5. The van der Waals surface area contributed by atoms with E-state index >= 15 is 0 Å². The van der Waals surface area contributed by atoms with Gasteiger partial charge in [-0.3, -0.25) is 0 Å². The van der Waals surface area contributed by atoms with Crippen LogP contribution in [0.3, 0.4) is 0 Å². The first-order valence-corrected chi connectivity index (χ1v) is 5.09. The van der Waals surface area contributed by atoms with E-state index in [0.29, 0.717) is 17.9 Å². The molecule has 0 bridgehead atoms. The molecule has 2 aliphatic rings. The number of hydrogen-bond acceptors (Lipinski definition) is 2. The monoisotopic (exact) mass is 183 g/mol. The number of carbonyl (C=O) groups is 1. The molecule has 1 amide bonds. The van der Waals surface area contributed by atoms with E-state index in [1.54, 1.807) is 0 Å². The number of carbonyl (C=O) groups excluding carboxylic acids is 1. The molecule has 0 aromatic carbocycles. The zero-order chi connectivity index (χ0) is 9.31. The van der Waals surface area contributed by atoms with E-state index in [1.807, 2.05) is 0 Å². The van der Waals surface area contributed by atoms with Crippen molar-refractivity contribution in [2.75, 3.05) is 13.2 Å². The van der Waals surface area contributed by atoms with Crippen LogP contribution < -0.4 is 5.32 Å². The molecule has 0 heterocycles. The molecule has 0 radical (unpaired) electrons. The average molecular weight is 183 g/mol. The maximum atomic E-state index is 11.1. The lowest BCUT2D eigenvalue weighted by atomic mass is 10.1. The number of ether oxygens (including phenoxy) is 1. The molecule has 0 unspecified atom stereocenters. The Labute approximate surface area is 78.8 Å². The van der Waals surface area contributed by atoms with E-state index in [0.717, 1.165) is 6.54 Å². The minimum absolute atomic E-state index is 0.236. The first-order chi connectivity index (χ1) is 6.18. The van der Waals surface area contributed by atoms with E-state index in [4.69, 9.17) is 4.74 Å². The third-order valence-corrected chi connectivity index (χ3v) is 2.91. The Hall–Kier alpha value is -0.730. The Morgan fingerprint density at radius 1 is 1.54 bits per heavy atom. The molecule has 0 saturated heterocycles. The molecule has 13 heavy (non-hydrogen) atoms. The van der Waals surface area contributed by atoms with E-state index in [-0.39, 0.29) is 6.09 Å². The summed E-state index contributed by atoms with van der Waals surface area (Å²) in [5.41, 5.74) is 0.374.